The summed E-state index contributed by atoms with van der Waals surface area (Å²) in [5, 5.41) is 13.6. The molecule has 162 valence electrons. The molecule has 1 aromatic heterocycles. The summed E-state index contributed by atoms with van der Waals surface area (Å²) < 4.78 is 25.8. The number of rotatable bonds is 5. The van der Waals surface area contributed by atoms with Gasteiger partial charge in [0, 0.05) is 16.6 Å². The molecule has 0 bridgehead atoms. The van der Waals surface area contributed by atoms with Gasteiger partial charge in [0.25, 0.3) is 11.5 Å². The second-order valence-corrected chi connectivity index (χ2v) is 9.06. The van der Waals surface area contributed by atoms with Gasteiger partial charge in [0.15, 0.2) is 4.90 Å². The molecule has 8 heteroatoms. The number of benzene rings is 3. The van der Waals surface area contributed by atoms with Crippen LogP contribution in [-0.2, 0) is 16.3 Å². The Kier molecular flexibility index (Phi) is 5.54. The maximum absolute atomic E-state index is 12.9. The van der Waals surface area contributed by atoms with E-state index >= 15 is 0 Å². The summed E-state index contributed by atoms with van der Waals surface area (Å²) in [5.74, 6) is -1.05. The van der Waals surface area contributed by atoms with E-state index < -0.39 is 31.9 Å². The van der Waals surface area contributed by atoms with Crippen LogP contribution in [0.5, 0.6) is 5.75 Å². The second kappa shape index (κ2) is 8.32. The molecule has 1 amide bonds. The molecule has 0 radical (unpaired) electrons. The number of sulfone groups is 1. The van der Waals surface area contributed by atoms with Crippen molar-refractivity contribution in [2.24, 2.45) is 0 Å². The van der Waals surface area contributed by atoms with Crippen LogP contribution in [0.3, 0.4) is 0 Å². The Bertz CT molecular complexity index is 1490. The average molecular weight is 449 g/mol. The van der Waals surface area contributed by atoms with Crippen molar-refractivity contribution in [1.29, 1.82) is 0 Å². The zero-order valence-corrected chi connectivity index (χ0v) is 17.9. The highest BCUT2D eigenvalue weighted by molar-refractivity contribution is 7.91. The van der Waals surface area contributed by atoms with Gasteiger partial charge in [-0.2, -0.15) is 0 Å². The lowest BCUT2D eigenvalue weighted by molar-refractivity contribution is 0.102. The first-order chi connectivity index (χ1) is 15.3. The number of fused-ring (bicyclic) bond motifs is 1. The summed E-state index contributed by atoms with van der Waals surface area (Å²) in [5.41, 5.74) is 1.09. The summed E-state index contributed by atoms with van der Waals surface area (Å²) in [4.78, 5) is 27.0. The van der Waals surface area contributed by atoms with Gasteiger partial charge in [-0.1, -0.05) is 43.3 Å². The Labute approximate surface area is 184 Å². The molecule has 0 fully saturated rings. The van der Waals surface area contributed by atoms with Crippen molar-refractivity contribution in [2.45, 2.75) is 23.1 Å². The highest BCUT2D eigenvalue weighted by atomic mass is 32.2. The van der Waals surface area contributed by atoms with Gasteiger partial charge in [0.2, 0.25) is 9.84 Å². The molecule has 4 rings (SSSR count). The topological polar surface area (TPSA) is 116 Å². The quantitative estimate of drug-likeness (QED) is 0.428. The number of nitrogens with one attached hydrogen (secondary N) is 2. The van der Waals surface area contributed by atoms with Crippen molar-refractivity contribution in [3.63, 3.8) is 0 Å². The molecule has 0 atom stereocenters. The Balaban J connectivity index is 1.76. The third-order valence-corrected chi connectivity index (χ3v) is 6.98. The minimum Gasteiger partial charge on any atom is -0.506 e. The average Bonchev–Trinajstić information content (AvgIpc) is 2.79. The van der Waals surface area contributed by atoms with Crippen LogP contribution in [0.15, 0.2) is 87.4 Å². The highest BCUT2D eigenvalue weighted by Crippen LogP contribution is 2.32. The number of carbonyl (C=O) groups is 1. The van der Waals surface area contributed by atoms with Gasteiger partial charge in [-0.25, -0.2) is 8.42 Å². The smallest absolute Gasteiger partial charge is 0.271 e. The lowest BCUT2D eigenvalue weighted by Crippen LogP contribution is -2.19. The zero-order valence-electron chi connectivity index (χ0n) is 17.1. The normalized spacial score (nSPS) is 11.4. The molecule has 1 heterocycles. The lowest BCUT2D eigenvalue weighted by Gasteiger charge is -2.11. The first-order valence-electron chi connectivity index (χ1n) is 9.91. The van der Waals surface area contributed by atoms with Crippen molar-refractivity contribution in [1.82, 2.24) is 4.98 Å². The van der Waals surface area contributed by atoms with Gasteiger partial charge in [-0.05, 0) is 48.4 Å². The van der Waals surface area contributed by atoms with E-state index in [2.05, 4.69) is 10.3 Å². The molecule has 3 aromatic carbocycles. The number of aromatic hydroxyl groups is 1. The Hall–Kier alpha value is -3.91. The van der Waals surface area contributed by atoms with E-state index in [0.29, 0.717) is 5.69 Å². The summed E-state index contributed by atoms with van der Waals surface area (Å²) >= 11 is 0. The van der Waals surface area contributed by atoms with Gasteiger partial charge in [-0.3, -0.25) is 9.59 Å². The molecule has 7 nitrogen and oxygen atoms in total. The number of pyridine rings is 1. The number of anilines is 1. The van der Waals surface area contributed by atoms with E-state index in [0.717, 1.165) is 12.0 Å². The van der Waals surface area contributed by atoms with Crippen molar-refractivity contribution >= 4 is 32.3 Å². The number of carbonyl (C=O) groups excluding carboxylic acids is 1. The third kappa shape index (κ3) is 3.76. The van der Waals surface area contributed by atoms with Gasteiger partial charge < -0.3 is 15.4 Å². The SMILES string of the molecule is CCc1ccccc1NC(=O)c1ccc2c(O)c(S(=O)(=O)c3ccccc3)c(=O)[nH]c2c1. The van der Waals surface area contributed by atoms with Crippen LogP contribution in [-0.4, -0.2) is 24.4 Å². The molecule has 32 heavy (non-hydrogen) atoms. The van der Waals surface area contributed by atoms with Gasteiger partial charge >= 0.3 is 0 Å². The minimum absolute atomic E-state index is 0.106. The molecular weight excluding hydrogens is 428 g/mol. The van der Waals surface area contributed by atoms with Crippen LogP contribution in [0.25, 0.3) is 10.9 Å². The number of H-pyrrole nitrogens is 1. The number of hydrogen-bond donors (Lipinski definition) is 3. The van der Waals surface area contributed by atoms with Crippen molar-refractivity contribution < 1.29 is 18.3 Å². The monoisotopic (exact) mass is 448 g/mol. The first kappa shape index (κ1) is 21.3. The van der Waals surface area contributed by atoms with Crippen LogP contribution >= 0.6 is 0 Å². The van der Waals surface area contributed by atoms with Gasteiger partial charge in [-0.15, -0.1) is 0 Å². The first-order valence-corrected chi connectivity index (χ1v) is 11.4. The molecular formula is C24H20N2O5S. The number of hydrogen-bond acceptors (Lipinski definition) is 5. The number of para-hydroxylation sites is 1. The molecule has 0 aliphatic carbocycles. The van der Waals surface area contributed by atoms with Gasteiger partial charge in [0.05, 0.1) is 10.4 Å². The molecule has 0 spiro atoms. The third-order valence-electron chi connectivity index (χ3n) is 5.18. The van der Waals surface area contributed by atoms with Crippen LogP contribution in [0.1, 0.15) is 22.8 Å². The highest BCUT2D eigenvalue weighted by Gasteiger charge is 2.27. The Morgan fingerprint density at radius 2 is 1.69 bits per heavy atom. The molecule has 3 N–H and O–H groups in total. The number of aryl methyl sites for hydroxylation is 1. The minimum atomic E-state index is -4.24. The van der Waals surface area contributed by atoms with E-state index in [1.807, 2.05) is 25.1 Å². The summed E-state index contributed by atoms with van der Waals surface area (Å²) in [7, 11) is -4.24. The summed E-state index contributed by atoms with van der Waals surface area (Å²) in [6.45, 7) is 1.98. The summed E-state index contributed by atoms with van der Waals surface area (Å²) in [6.07, 6.45) is 0.744. The predicted molar refractivity (Wildman–Crippen MR) is 122 cm³/mol. The van der Waals surface area contributed by atoms with E-state index in [4.69, 9.17) is 0 Å². The number of aromatic nitrogens is 1. The second-order valence-electron chi connectivity index (χ2n) is 7.17. The molecule has 0 aliphatic rings. The van der Waals surface area contributed by atoms with Crippen molar-refractivity contribution in [2.75, 3.05) is 5.32 Å². The molecule has 0 saturated carbocycles. The fourth-order valence-electron chi connectivity index (χ4n) is 3.52. The zero-order chi connectivity index (χ0) is 22.9. The Morgan fingerprint density at radius 3 is 2.41 bits per heavy atom. The van der Waals surface area contributed by atoms with Crippen molar-refractivity contribution in [3.8, 4) is 5.75 Å². The summed E-state index contributed by atoms with van der Waals surface area (Å²) in [6, 6.07) is 19.1. The van der Waals surface area contributed by atoms with Crippen LogP contribution in [0.2, 0.25) is 0 Å². The van der Waals surface area contributed by atoms with E-state index in [1.165, 1.54) is 42.5 Å². The van der Waals surface area contributed by atoms with E-state index in [-0.39, 0.29) is 21.4 Å². The van der Waals surface area contributed by atoms with Crippen LogP contribution in [0, 0.1) is 0 Å². The number of amides is 1. The fraction of sp³-hybridized carbons (Fsp3) is 0.0833. The molecule has 0 unspecified atom stereocenters. The molecule has 0 saturated heterocycles. The van der Waals surface area contributed by atoms with Crippen LogP contribution in [0.4, 0.5) is 5.69 Å². The largest absolute Gasteiger partial charge is 0.506 e. The molecule has 4 aromatic rings. The van der Waals surface area contributed by atoms with Crippen molar-refractivity contribution in [3.05, 3.63) is 94.3 Å². The van der Waals surface area contributed by atoms with Gasteiger partial charge in [0.1, 0.15) is 5.75 Å². The Morgan fingerprint density at radius 1 is 1.00 bits per heavy atom. The lowest BCUT2D eigenvalue weighted by atomic mass is 10.1. The molecule has 0 aliphatic heterocycles. The number of aromatic amines is 1. The fourth-order valence-corrected chi connectivity index (χ4v) is 4.93. The standard InChI is InChI=1S/C24H20N2O5S/c1-2-15-8-6-7-11-19(15)25-23(28)16-12-13-18-20(14-16)26-24(29)22(21(18)27)32(30,31)17-9-4-3-5-10-17/h3-14H,2H2,1H3,(H,25,28)(H2,26,27,29). The predicted octanol–water partition coefficient (Wildman–Crippen LogP) is 3.88. The maximum Gasteiger partial charge on any atom is 0.271 e. The van der Waals surface area contributed by atoms with Crippen LogP contribution < -0.4 is 10.9 Å². The van der Waals surface area contributed by atoms with E-state index in [1.54, 1.807) is 12.1 Å². The van der Waals surface area contributed by atoms with E-state index in [9.17, 15) is 23.1 Å². The maximum atomic E-state index is 12.9.